The summed E-state index contributed by atoms with van der Waals surface area (Å²) in [6.07, 6.45) is 0. The van der Waals surface area contributed by atoms with E-state index in [1.807, 2.05) is 0 Å². The third kappa shape index (κ3) is 4.90. The van der Waals surface area contributed by atoms with Gasteiger partial charge in [0.2, 0.25) is 9.47 Å². The first-order valence-corrected chi connectivity index (χ1v) is 10.6. The van der Waals surface area contributed by atoms with Crippen molar-refractivity contribution in [1.29, 1.82) is 0 Å². The van der Waals surface area contributed by atoms with Gasteiger partial charge in [0, 0.05) is 16.6 Å². The van der Waals surface area contributed by atoms with Crippen LogP contribution in [0.2, 0.25) is 5.02 Å². The van der Waals surface area contributed by atoms with Gasteiger partial charge in [0.15, 0.2) is 0 Å². The van der Waals surface area contributed by atoms with Crippen molar-refractivity contribution < 1.29 is 17.6 Å². The molecule has 0 aliphatic heterocycles. The van der Waals surface area contributed by atoms with Gasteiger partial charge in [0.05, 0.1) is 0 Å². The second-order valence-electron chi connectivity index (χ2n) is 5.73. The van der Waals surface area contributed by atoms with Crippen LogP contribution in [-0.4, -0.2) is 24.5 Å². The predicted molar refractivity (Wildman–Crippen MR) is 104 cm³/mol. The average molecular weight is 441 g/mol. The van der Waals surface area contributed by atoms with Crippen LogP contribution in [0, 0.1) is 5.82 Å². The first kappa shape index (κ1) is 20.3. The van der Waals surface area contributed by atoms with E-state index in [1.54, 1.807) is 19.1 Å². The van der Waals surface area contributed by atoms with E-state index in [4.69, 9.17) is 11.6 Å². The maximum absolute atomic E-state index is 13.0. The van der Waals surface area contributed by atoms with Gasteiger partial charge in [-0.3, -0.25) is 10.1 Å². The molecule has 1 heterocycles. The summed E-state index contributed by atoms with van der Waals surface area (Å²) in [5, 5.41) is 10.3. The molecule has 7 nitrogen and oxygen atoms in total. The topological polar surface area (TPSA) is 101 Å². The summed E-state index contributed by atoms with van der Waals surface area (Å²) in [5.41, 5.74) is 0.929. The van der Waals surface area contributed by atoms with Crippen molar-refractivity contribution in [1.82, 2.24) is 14.9 Å². The van der Waals surface area contributed by atoms with E-state index in [2.05, 4.69) is 20.2 Å². The van der Waals surface area contributed by atoms with Crippen LogP contribution >= 0.6 is 22.9 Å². The molecule has 28 heavy (non-hydrogen) atoms. The van der Waals surface area contributed by atoms with Gasteiger partial charge in [-0.15, -0.1) is 10.2 Å². The Labute approximate surface area is 169 Å². The van der Waals surface area contributed by atoms with Crippen molar-refractivity contribution in [3.05, 3.63) is 70.5 Å². The second-order valence-corrected chi connectivity index (χ2v) is 9.03. The normalized spacial score (nSPS) is 12.5. The van der Waals surface area contributed by atoms with Gasteiger partial charge in [-0.2, -0.15) is 0 Å². The van der Waals surface area contributed by atoms with Crippen molar-refractivity contribution >= 4 is 44.0 Å². The molecule has 0 aliphatic carbocycles. The summed E-state index contributed by atoms with van der Waals surface area (Å²) in [6, 6.07) is 11.0. The largest absolute Gasteiger partial charge is 0.296 e. The lowest BCUT2D eigenvalue weighted by molar-refractivity contribution is 0.102. The molecule has 11 heteroatoms. The van der Waals surface area contributed by atoms with Crippen molar-refractivity contribution in [2.75, 3.05) is 5.32 Å². The molecular weight excluding hydrogens is 427 g/mol. The highest BCUT2D eigenvalue weighted by molar-refractivity contribution is 7.91. The maximum atomic E-state index is 13.0. The molecule has 0 saturated carbocycles. The van der Waals surface area contributed by atoms with Crippen molar-refractivity contribution in [2.24, 2.45) is 0 Å². The number of amides is 1. The molecule has 2 N–H and O–H groups in total. The van der Waals surface area contributed by atoms with E-state index >= 15 is 0 Å². The van der Waals surface area contributed by atoms with Crippen molar-refractivity contribution in [3.63, 3.8) is 0 Å². The monoisotopic (exact) mass is 440 g/mol. The smallest absolute Gasteiger partial charge is 0.270 e. The molecule has 0 spiro atoms. The van der Waals surface area contributed by atoms with Crippen molar-refractivity contribution in [3.8, 4) is 0 Å². The Hall–Kier alpha value is -2.40. The fraction of sp³-hybridized carbons (Fsp3) is 0.118. The number of hydrogen-bond acceptors (Lipinski definition) is 6. The molecule has 1 aromatic heterocycles. The highest BCUT2D eigenvalue weighted by Crippen LogP contribution is 2.23. The van der Waals surface area contributed by atoms with Crippen molar-refractivity contribution in [2.45, 2.75) is 17.3 Å². The molecule has 146 valence electrons. The van der Waals surface area contributed by atoms with Gasteiger partial charge in [-0.1, -0.05) is 35.1 Å². The Morgan fingerprint density at radius 3 is 2.39 bits per heavy atom. The number of carbonyl (C=O) groups excluding carboxylic acids is 1. The number of hydrogen-bond donors (Lipinski definition) is 2. The Bertz CT molecular complexity index is 1090. The maximum Gasteiger partial charge on any atom is 0.270 e. The molecule has 0 radical (unpaired) electrons. The third-order valence-electron chi connectivity index (χ3n) is 3.67. The minimum Gasteiger partial charge on any atom is -0.296 e. The zero-order valence-corrected chi connectivity index (χ0v) is 16.8. The van der Waals surface area contributed by atoms with E-state index in [0.717, 1.165) is 0 Å². The predicted octanol–water partition coefficient (Wildman–Crippen LogP) is 3.62. The molecule has 0 fully saturated rings. The van der Waals surface area contributed by atoms with Crippen LogP contribution in [-0.2, 0) is 10.0 Å². The number of benzene rings is 2. The standard InChI is InChI=1S/C17H14ClFN4O3S2/c1-10(11-4-8-14(19)9-5-11)23-28(25,26)17-22-21-16(27-17)20-15(24)12-2-6-13(18)7-3-12/h2-10,23H,1H3,(H,20,21,24)/t10-/m1/s1. The van der Waals surface area contributed by atoms with E-state index < -0.39 is 27.8 Å². The molecule has 1 amide bonds. The summed E-state index contributed by atoms with van der Waals surface area (Å²) in [6.45, 7) is 1.62. The fourth-order valence-electron chi connectivity index (χ4n) is 2.24. The molecule has 0 saturated heterocycles. The highest BCUT2D eigenvalue weighted by Gasteiger charge is 2.24. The van der Waals surface area contributed by atoms with E-state index in [-0.39, 0.29) is 9.47 Å². The van der Waals surface area contributed by atoms with Gasteiger partial charge < -0.3 is 0 Å². The number of anilines is 1. The van der Waals surface area contributed by atoms with Crippen LogP contribution in [0.4, 0.5) is 9.52 Å². The molecule has 0 aliphatic rings. The molecule has 0 unspecified atom stereocenters. The van der Waals surface area contributed by atoms with E-state index in [0.29, 0.717) is 27.5 Å². The number of nitrogens with zero attached hydrogens (tertiary/aromatic N) is 2. The van der Waals surface area contributed by atoms with Gasteiger partial charge in [-0.25, -0.2) is 17.5 Å². The first-order valence-electron chi connectivity index (χ1n) is 7.93. The lowest BCUT2D eigenvalue weighted by Gasteiger charge is -2.12. The fourth-order valence-corrected chi connectivity index (χ4v) is 4.51. The Morgan fingerprint density at radius 2 is 1.75 bits per heavy atom. The van der Waals surface area contributed by atoms with Gasteiger partial charge in [0.1, 0.15) is 5.82 Å². The van der Waals surface area contributed by atoms with Crippen LogP contribution in [0.5, 0.6) is 0 Å². The summed E-state index contributed by atoms with van der Waals surface area (Å²) in [7, 11) is -3.97. The molecule has 1 atom stereocenters. The quantitative estimate of drug-likeness (QED) is 0.570. The van der Waals surface area contributed by atoms with E-state index in [1.165, 1.54) is 36.4 Å². The summed E-state index contributed by atoms with van der Waals surface area (Å²) < 4.78 is 40.1. The first-order chi connectivity index (χ1) is 13.2. The minimum absolute atomic E-state index is 0.0368. The minimum atomic E-state index is -3.97. The second kappa shape index (κ2) is 8.31. The third-order valence-corrected chi connectivity index (χ3v) is 6.66. The van der Waals surface area contributed by atoms with Crippen LogP contribution in [0.15, 0.2) is 52.9 Å². The average Bonchev–Trinajstić information content (AvgIpc) is 3.12. The zero-order valence-electron chi connectivity index (χ0n) is 14.4. The zero-order chi connectivity index (χ0) is 20.3. The molecule has 0 bridgehead atoms. The highest BCUT2D eigenvalue weighted by atomic mass is 35.5. The Balaban J connectivity index is 1.70. The lowest BCUT2D eigenvalue weighted by Crippen LogP contribution is -2.26. The van der Waals surface area contributed by atoms with Crippen LogP contribution in [0.3, 0.4) is 0 Å². The summed E-state index contributed by atoms with van der Waals surface area (Å²) >= 11 is 6.49. The van der Waals surface area contributed by atoms with Crippen LogP contribution in [0.25, 0.3) is 0 Å². The number of halogens is 2. The van der Waals surface area contributed by atoms with Crippen LogP contribution in [0.1, 0.15) is 28.9 Å². The van der Waals surface area contributed by atoms with Gasteiger partial charge in [0.25, 0.3) is 15.9 Å². The number of carbonyl (C=O) groups is 1. The summed E-state index contributed by atoms with van der Waals surface area (Å²) in [4.78, 5) is 12.2. The Kier molecular flexibility index (Phi) is 6.04. The molecule has 3 rings (SSSR count). The number of sulfonamides is 1. The van der Waals surface area contributed by atoms with Crippen LogP contribution < -0.4 is 10.0 Å². The number of aromatic nitrogens is 2. The Morgan fingerprint density at radius 1 is 1.11 bits per heavy atom. The summed E-state index contributed by atoms with van der Waals surface area (Å²) in [5.74, 6) is -0.881. The van der Waals surface area contributed by atoms with Gasteiger partial charge >= 0.3 is 0 Å². The molecular formula is C17H14ClFN4O3S2. The lowest BCUT2D eigenvalue weighted by atomic mass is 10.1. The molecule has 3 aromatic rings. The van der Waals surface area contributed by atoms with E-state index in [9.17, 15) is 17.6 Å². The number of nitrogens with one attached hydrogen (secondary N) is 2. The van der Waals surface area contributed by atoms with Gasteiger partial charge in [-0.05, 0) is 48.9 Å². The number of rotatable bonds is 6. The SMILES string of the molecule is C[C@@H](NS(=O)(=O)c1nnc(NC(=O)c2ccc(Cl)cc2)s1)c1ccc(F)cc1. The molecule has 2 aromatic carbocycles.